The molecule has 0 aliphatic heterocycles. The van der Waals surface area contributed by atoms with Crippen LogP contribution >= 0.6 is 22.6 Å². The summed E-state index contributed by atoms with van der Waals surface area (Å²) in [5, 5.41) is 2.93. The van der Waals surface area contributed by atoms with Crippen molar-refractivity contribution in [3.05, 3.63) is 57.7 Å². The van der Waals surface area contributed by atoms with Crippen LogP contribution in [0.3, 0.4) is 0 Å². The first kappa shape index (κ1) is 15.1. The van der Waals surface area contributed by atoms with Gasteiger partial charge in [-0.2, -0.15) is 13.2 Å². The van der Waals surface area contributed by atoms with Crippen LogP contribution in [0.5, 0.6) is 0 Å². The van der Waals surface area contributed by atoms with Gasteiger partial charge in [0, 0.05) is 14.2 Å². The molecule has 0 saturated carbocycles. The summed E-state index contributed by atoms with van der Waals surface area (Å²) in [4.78, 5) is 7.79. The van der Waals surface area contributed by atoms with Crippen molar-refractivity contribution in [3.63, 3.8) is 0 Å². The third kappa shape index (κ3) is 3.01. The quantitative estimate of drug-likeness (QED) is 0.646. The second-order valence-corrected chi connectivity index (χ2v) is 5.69. The molecule has 0 fully saturated rings. The minimum Gasteiger partial charge on any atom is -0.363 e. The van der Waals surface area contributed by atoms with Gasteiger partial charge in [-0.3, -0.25) is 4.40 Å². The lowest BCUT2D eigenvalue weighted by atomic mass is 10.2. The molecule has 3 rings (SSSR count). The summed E-state index contributed by atoms with van der Waals surface area (Å²) in [6, 6.07) is 9.37. The zero-order valence-electron chi connectivity index (χ0n) is 11.1. The summed E-state index contributed by atoms with van der Waals surface area (Å²) in [7, 11) is 0. The molecule has 0 bridgehead atoms. The van der Waals surface area contributed by atoms with Gasteiger partial charge < -0.3 is 5.32 Å². The van der Waals surface area contributed by atoms with E-state index in [-0.39, 0.29) is 7.24 Å². The zero-order valence-corrected chi connectivity index (χ0v) is 13.3. The average Bonchev–Trinajstić information content (AvgIpc) is 2.87. The van der Waals surface area contributed by atoms with Crippen LogP contribution in [0.15, 0.2) is 42.7 Å². The lowest BCUT2D eigenvalue weighted by Crippen LogP contribution is -2.13. The van der Waals surface area contributed by atoms with Crippen molar-refractivity contribution >= 4 is 34.1 Å². The molecule has 0 radical (unpaired) electrons. The lowest BCUT2D eigenvalue weighted by molar-refractivity contribution is -0.141. The summed E-state index contributed by atoms with van der Waals surface area (Å²) in [6.45, 7) is 0.369. The topological polar surface area (TPSA) is 42.2 Å². The fraction of sp³-hybridized carbons (Fsp3) is 0.143. The Morgan fingerprint density at radius 2 is 1.95 bits per heavy atom. The van der Waals surface area contributed by atoms with Crippen LogP contribution in [0.4, 0.5) is 19.0 Å². The Morgan fingerprint density at radius 3 is 2.64 bits per heavy atom. The zero-order chi connectivity index (χ0) is 15.7. The fourth-order valence-electron chi connectivity index (χ4n) is 2.00. The monoisotopic (exact) mass is 420 g/mol. The molecule has 1 N–H and O–H groups in total. The Morgan fingerprint density at radius 1 is 1.23 bits per heavy atom. The molecule has 0 unspecified atom stereocenters. The molecular formula is C14H12F3IN4. The Balaban J connectivity index is 0.00000192. The highest BCUT2D eigenvalue weighted by atomic mass is 127. The Labute approximate surface area is 139 Å². The minimum atomic E-state index is -4.51. The van der Waals surface area contributed by atoms with Gasteiger partial charge in [-0.25, -0.2) is 9.97 Å². The second-order valence-electron chi connectivity index (χ2n) is 4.59. The summed E-state index contributed by atoms with van der Waals surface area (Å²) in [5.74, 6) is 0.113. The van der Waals surface area contributed by atoms with Crippen LogP contribution < -0.4 is 5.32 Å². The van der Waals surface area contributed by atoms with Gasteiger partial charge >= 0.3 is 6.18 Å². The van der Waals surface area contributed by atoms with Gasteiger partial charge in [0.2, 0.25) is 0 Å². The number of anilines is 1. The van der Waals surface area contributed by atoms with E-state index in [2.05, 4.69) is 15.3 Å². The maximum absolute atomic E-state index is 13.0. The van der Waals surface area contributed by atoms with Gasteiger partial charge in [0.15, 0.2) is 17.2 Å². The SMILES string of the molecule is FC(F)(F)c1cn2c(I)cnc2c(NCc2ccccc2)n1.[HH]. The number of imidazole rings is 1. The number of rotatable bonds is 3. The molecule has 3 aromatic rings. The Kier molecular flexibility index (Phi) is 3.94. The predicted octanol–water partition coefficient (Wildman–Crippen LogP) is 4.21. The van der Waals surface area contributed by atoms with Crippen LogP contribution in [0.1, 0.15) is 12.7 Å². The van der Waals surface area contributed by atoms with Crippen LogP contribution in [0.25, 0.3) is 5.65 Å². The van der Waals surface area contributed by atoms with Crippen molar-refractivity contribution < 1.29 is 14.6 Å². The molecule has 4 nitrogen and oxygen atoms in total. The van der Waals surface area contributed by atoms with Crippen molar-refractivity contribution in [2.45, 2.75) is 12.7 Å². The summed E-state index contributed by atoms with van der Waals surface area (Å²) >= 11 is 1.93. The molecular weight excluding hydrogens is 408 g/mol. The fourth-order valence-corrected chi connectivity index (χ4v) is 2.50. The van der Waals surface area contributed by atoms with Crippen molar-refractivity contribution in [1.82, 2.24) is 14.4 Å². The Hall–Kier alpha value is -1.84. The third-order valence-electron chi connectivity index (χ3n) is 3.04. The van der Waals surface area contributed by atoms with E-state index in [1.54, 1.807) is 0 Å². The highest BCUT2D eigenvalue weighted by Gasteiger charge is 2.34. The number of nitrogens with zero attached hydrogens (tertiary/aromatic N) is 3. The number of hydrogen-bond acceptors (Lipinski definition) is 3. The van der Waals surface area contributed by atoms with Crippen molar-refractivity contribution in [1.29, 1.82) is 0 Å². The molecule has 1 aromatic carbocycles. The second kappa shape index (κ2) is 5.75. The van der Waals surface area contributed by atoms with E-state index in [0.717, 1.165) is 11.8 Å². The predicted molar refractivity (Wildman–Crippen MR) is 86.6 cm³/mol. The van der Waals surface area contributed by atoms with E-state index >= 15 is 0 Å². The van der Waals surface area contributed by atoms with Gasteiger partial charge in [0.25, 0.3) is 0 Å². The van der Waals surface area contributed by atoms with Crippen molar-refractivity contribution in [2.24, 2.45) is 0 Å². The highest BCUT2D eigenvalue weighted by molar-refractivity contribution is 14.1. The van der Waals surface area contributed by atoms with Gasteiger partial charge in [-0.1, -0.05) is 30.3 Å². The average molecular weight is 420 g/mol. The van der Waals surface area contributed by atoms with Crippen LogP contribution in [-0.2, 0) is 12.7 Å². The van der Waals surface area contributed by atoms with Crippen molar-refractivity contribution in [3.8, 4) is 0 Å². The summed E-state index contributed by atoms with van der Waals surface area (Å²) in [6.07, 6.45) is -2.05. The number of aromatic nitrogens is 3. The first-order valence-electron chi connectivity index (χ1n) is 6.34. The van der Waals surface area contributed by atoms with Crippen LogP contribution in [-0.4, -0.2) is 14.4 Å². The molecule has 0 aliphatic rings. The van der Waals surface area contributed by atoms with E-state index in [1.807, 2.05) is 52.9 Å². The molecule has 0 spiro atoms. The molecule has 2 aromatic heterocycles. The van der Waals surface area contributed by atoms with E-state index in [0.29, 0.717) is 15.9 Å². The molecule has 0 aliphatic carbocycles. The van der Waals surface area contributed by atoms with E-state index in [1.165, 1.54) is 10.6 Å². The number of nitrogens with one attached hydrogen (secondary N) is 1. The molecule has 22 heavy (non-hydrogen) atoms. The molecule has 0 atom stereocenters. The minimum absolute atomic E-state index is 0. The number of alkyl halides is 3. The first-order valence-corrected chi connectivity index (χ1v) is 7.41. The molecule has 8 heteroatoms. The molecule has 2 heterocycles. The van der Waals surface area contributed by atoms with Crippen molar-refractivity contribution in [2.75, 3.05) is 5.32 Å². The molecule has 0 saturated heterocycles. The number of hydrogen-bond donors (Lipinski definition) is 1. The largest absolute Gasteiger partial charge is 0.434 e. The maximum Gasteiger partial charge on any atom is 0.434 e. The number of benzene rings is 1. The standard InChI is InChI=1S/C14H10F3IN4.H2/c15-14(16,17)10-8-22-11(18)7-20-13(22)12(21-10)19-6-9-4-2-1-3-5-9;/h1-5,7-8H,6H2,(H,19,21);1H. The van der Waals surface area contributed by atoms with E-state index < -0.39 is 11.9 Å². The number of fused-ring (bicyclic) bond motifs is 1. The van der Waals surface area contributed by atoms with Gasteiger partial charge in [-0.05, 0) is 28.2 Å². The third-order valence-corrected chi connectivity index (χ3v) is 3.84. The van der Waals surface area contributed by atoms with Crippen LogP contribution in [0.2, 0.25) is 0 Å². The first-order chi connectivity index (χ1) is 10.4. The smallest absolute Gasteiger partial charge is 0.363 e. The normalized spacial score (nSPS) is 11.8. The summed E-state index contributed by atoms with van der Waals surface area (Å²) in [5.41, 5.74) is 0.362. The van der Waals surface area contributed by atoms with E-state index in [9.17, 15) is 13.2 Å². The molecule has 0 amide bonds. The maximum atomic E-state index is 13.0. The van der Waals surface area contributed by atoms with Crippen LogP contribution in [0, 0.1) is 3.70 Å². The number of halogens is 4. The molecule has 116 valence electrons. The summed E-state index contributed by atoms with van der Waals surface area (Å²) < 4.78 is 40.9. The van der Waals surface area contributed by atoms with Gasteiger partial charge in [0.05, 0.1) is 6.20 Å². The Bertz CT molecular complexity index is 805. The van der Waals surface area contributed by atoms with Gasteiger partial charge in [-0.15, -0.1) is 0 Å². The lowest BCUT2D eigenvalue weighted by Gasteiger charge is -2.12. The van der Waals surface area contributed by atoms with Gasteiger partial charge in [0.1, 0.15) is 3.70 Å². The van der Waals surface area contributed by atoms with E-state index in [4.69, 9.17) is 0 Å². The highest BCUT2D eigenvalue weighted by Crippen LogP contribution is 2.30.